The largest absolute Gasteiger partial charge is 0.385 e. The van der Waals surface area contributed by atoms with Crippen molar-refractivity contribution in [2.24, 2.45) is 10.4 Å². The summed E-state index contributed by atoms with van der Waals surface area (Å²) in [4.78, 5) is 10.1. The maximum Gasteiger partial charge on any atom is 0.191 e. The molecule has 1 saturated carbocycles. The Hall–Kier alpha value is -0.900. The Kier molecular flexibility index (Phi) is 13.7. The fourth-order valence-corrected chi connectivity index (χ4v) is 4.75. The normalized spacial score (nSPS) is 18.9. The summed E-state index contributed by atoms with van der Waals surface area (Å²) in [5.41, 5.74) is 1.80. The van der Waals surface area contributed by atoms with Crippen LogP contribution in [0.2, 0.25) is 0 Å². The minimum atomic E-state index is 0. The zero-order valence-electron chi connectivity index (χ0n) is 20.9. The maximum atomic E-state index is 5.32. The number of hydrogen-bond acceptors (Lipinski definition) is 4. The van der Waals surface area contributed by atoms with Crippen LogP contribution >= 0.6 is 24.0 Å². The Balaban J connectivity index is 0.00000385. The number of ether oxygens (including phenoxy) is 1. The molecule has 6 nitrogen and oxygen atoms in total. The predicted octanol–water partition coefficient (Wildman–Crippen LogP) is 3.96. The van der Waals surface area contributed by atoms with Crippen LogP contribution in [0.15, 0.2) is 35.3 Å². The number of aliphatic imine (C=N–C) groups is 1. The van der Waals surface area contributed by atoms with Gasteiger partial charge in [0.1, 0.15) is 0 Å². The van der Waals surface area contributed by atoms with Gasteiger partial charge in [-0.15, -0.1) is 24.0 Å². The zero-order chi connectivity index (χ0) is 22.5. The van der Waals surface area contributed by atoms with E-state index in [1.807, 2.05) is 0 Å². The molecule has 1 heterocycles. The van der Waals surface area contributed by atoms with Gasteiger partial charge in [-0.3, -0.25) is 9.89 Å². The fraction of sp³-hybridized carbons (Fsp3) is 0.731. The third-order valence-electron chi connectivity index (χ3n) is 7.08. The molecule has 0 atom stereocenters. The van der Waals surface area contributed by atoms with Crippen LogP contribution in [-0.4, -0.2) is 81.8 Å². The van der Waals surface area contributed by atoms with Crippen molar-refractivity contribution in [1.29, 1.82) is 0 Å². The number of halogens is 1. The Morgan fingerprint density at radius 1 is 1.03 bits per heavy atom. The maximum absolute atomic E-state index is 5.32. The molecule has 33 heavy (non-hydrogen) atoms. The van der Waals surface area contributed by atoms with E-state index in [-0.39, 0.29) is 24.0 Å². The Morgan fingerprint density at radius 2 is 1.76 bits per heavy atom. The highest BCUT2D eigenvalue weighted by molar-refractivity contribution is 14.0. The molecule has 1 aromatic carbocycles. The molecule has 1 aliphatic heterocycles. The molecular formula is C26H46IN5O. The van der Waals surface area contributed by atoms with E-state index < -0.39 is 0 Å². The molecule has 2 N–H and O–H groups in total. The SMILES string of the molecule is CCNC(=NCC1(CCOC)CCC1)NCCCCN1CCN(Cc2ccccc2)CC1.I. The lowest BCUT2D eigenvalue weighted by atomic mass is 9.67. The average molecular weight is 572 g/mol. The molecule has 188 valence electrons. The summed E-state index contributed by atoms with van der Waals surface area (Å²) < 4.78 is 5.32. The molecule has 1 aliphatic carbocycles. The quantitative estimate of drug-likeness (QED) is 0.163. The van der Waals surface area contributed by atoms with E-state index in [9.17, 15) is 0 Å². The Labute approximate surface area is 218 Å². The molecule has 0 unspecified atom stereocenters. The van der Waals surface area contributed by atoms with Crippen LogP contribution in [0.25, 0.3) is 0 Å². The van der Waals surface area contributed by atoms with Crippen molar-refractivity contribution in [1.82, 2.24) is 20.4 Å². The van der Waals surface area contributed by atoms with Gasteiger partial charge >= 0.3 is 0 Å². The van der Waals surface area contributed by atoms with E-state index >= 15 is 0 Å². The first-order chi connectivity index (χ1) is 15.7. The van der Waals surface area contributed by atoms with Crippen LogP contribution in [0.3, 0.4) is 0 Å². The molecule has 0 aromatic heterocycles. The Morgan fingerprint density at radius 3 is 2.39 bits per heavy atom. The number of nitrogens with zero attached hydrogens (tertiary/aromatic N) is 3. The first kappa shape index (κ1) is 28.3. The number of piperazine rings is 1. The van der Waals surface area contributed by atoms with Gasteiger partial charge in [-0.2, -0.15) is 0 Å². The van der Waals surface area contributed by atoms with Crippen molar-refractivity contribution in [3.63, 3.8) is 0 Å². The summed E-state index contributed by atoms with van der Waals surface area (Å²) in [5.74, 6) is 0.978. The van der Waals surface area contributed by atoms with Gasteiger partial charge in [-0.05, 0) is 56.6 Å². The van der Waals surface area contributed by atoms with E-state index in [0.29, 0.717) is 5.41 Å². The van der Waals surface area contributed by atoms with Gasteiger partial charge in [-0.25, -0.2) is 0 Å². The summed E-state index contributed by atoms with van der Waals surface area (Å²) in [5, 5.41) is 6.97. The standard InChI is InChI=1S/C26H45N5O.HI/c1-3-27-25(29-23-26(12-9-13-26)14-21-32-2)28-15-7-8-16-30-17-19-31(20-18-30)22-24-10-5-4-6-11-24;/h4-6,10-11H,3,7-9,12-23H2,1-2H3,(H2,27,28,29);1H. The highest BCUT2D eigenvalue weighted by atomic mass is 127. The zero-order valence-corrected chi connectivity index (χ0v) is 23.2. The van der Waals surface area contributed by atoms with Crippen molar-refractivity contribution >= 4 is 29.9 Å². The summed E-state index contributed by atoms with van der Waals surface area (Å²) in [6.45, 7) is 12.8. The van der Waals surface area contributed by atoms with Crippen molar-refractivity contribution in [2.45, 2.75) is 52.0 Å². The summed E-state index contributed by atoms with van der Waals surface area (Å²) in [7, 11) is 1.80. The van der Waals surface area contributed by atoms with Gasteiger partial charge in [0.25, 0.3) is 0 Å². The number of nitrogens with one attached hydrogen (secondary N) is 2. The van der Waals surface area contributed by atoms with Crippen molar-refractivity contribution in [3.8, 4) is 0 Å². The lowest BCUT2D eigenvalue weighted by molar-refractivity contribution is 0.0778. The molecule has 7 heteroatoms. The van der Waals surface area contributed by atoms with Gasteiger partial charge in [0.2, 0.25) is 0 Å². The monoisotopic (exact) mass is 571 g/mol. The highest BCUT2D eigenvalue weighted by Crippen LogP contribution is 2.44. The second kappa shape index (κ2) is 15.9. The molecule has 0 bridgehead atoms. The van der Waals surface area contributed by atoms with Gasteiger partial charge in [0.05, 0.1) is 0 Å². The van der Waals surface area contributed by atoms with Crippen LogP contribution in [0.4, 0.5) is 0 Å². The Bertz CT molecular complexity index is 660. The second-order valence-corrected chi connectivity index (χ2v) is 9.53. The van der Waals surface area contributed by atoms with E-state index in [4.69, 9.17) is 9.73 Å². The molecule has 0 amide bonds. The number of guanidine groups is 1. The molecule has 0 radical (unpaired) electrons. The van der Waals surface area contributed by atoms with Crippen LogP contribution in [0.1, 0.15) is 51.0 Å². The fourth-order valence-electron chi connectivity index (χ4n) is 4.75. The lowest BCUT2D eigenvalue weighted by Crippen LogP contribution is -2.46. The van der Waals surface area contributed by atoms with Crippen molar-refractivity contribution in [2.75, 3.05) is 66.1 Å². The minimum Gasteiger partial charge on any atom is -0.385 e. The minimum absolute atomic E-state index is 0. The van der Waals surface area contributed by atoms with Gasteiger partial charge in [0, 0.05) is 66.1 Å². The smallest absolute Gasteiger partial charge is 0.191 e. The number of hydrogen-bond donors (Lipinski definition) is 2. The number of methoxy groups -OCH3 is 1. The molecule has 3 rings (SSSR count). The first-order valence-corrected chi connectivity index (χ1v) is 12.7. The summed E-state index contributed by atoms with van der Waals surface area (Å²) in [6, 6.07) is 10.8. The average Bonchev–Trinajstić information content (AvgIpc) is 2.79. The van der Waals surface area contributed by atoms with Crippen molar-refractivity contribution in [3.05, 3.63) is 35.9 Å². The topological polar surface area (TPSA) is 52.1 Å². The van der Waals surface area contributed by atoms with Gasteiger partial charge in [-0.1, -0.05) is 36.8 Å². The van der Waals surface area contributed by atoms with Crippen LogP contribution in [0, 0.1) is 5.41 Å². The molecule has 2 fully saturated rings. The highest BCUT2D eigenvalue weighted by Gasteiger charge is 2.36. The third-order valence-corrected chi connectivity index (χ3v) is 7.08. The van der Waals surface area contributed by atoms with Crippen LogP contribution in [-0.2, 0) is 11.3 Å². The molecule has 0 spiro atoms. The van der Waals surface area contributed by atoms with E-state index in [1.165, 1.54) is 70.4 Å². The molecule has 1 saturated heterocycles. The molecule has 2 aliphatic rings. The van der Waals surface area contributed by atoms with Crippen LogP contribution < -0.4 is 10.6 Å². The third kappa shape index (κ3) is 10.1. The second-order valence-electron chi connectivity index (χ2n) is 9.53. The number of unbranched alkanes of at least 4 members (excludes halogenated alkanes) is 1. The summed E-state index contributed by atoms with van der Waals surface area (Å²) in [6.07, 6.45) is 7.47. The first-order valence-electron chi connectivity index (χ1n) is 12.7. The molecule has 1 aromatic rings. The number of benzene rings is 1. The van der Waals surface area contributed by atoms with Crippen LogP contribution in [0.5, 0.6) is 0 Å². The van der Waals surface area contributed by atoms with Crippen molar-refractivity contribution < 1.29 is 4.74 Å². The van der Waals surface area contributed by atoms with E-state index in [0.717, 1.165) is 45.2 Å². The predicted molar refractivity (Wildman–Crippen MR) is 150 cm³/mol. The molecular weight excluding hydrogens is 525 g/mol. The lowest BCUT2D eigenvalue weighted by Gasteiger charge is -2.40. The van der Waals surface area contributed by atoms with E-state index in [1.54, 1.807) is 7.11 Å². The summed E-state index contributed by atoms with van der Waals surface area (Å²) >= 11 is 0. The van der Waals surface area contributed by atoms with Gasteiger partial charge in [0.15, 0.2) is 5.96 Å². The van der Waals surface area contributed by atoms with E-state index in [2.05, 4.69) is 57.7 Å². The number of rotatable bonds is 13. The van der Waals surface area contributed by atoms with Gasteiger partial charge < -0.3 is 20.3 Å².